The summed E-state index contributed by atoms with van der Waals surface area (Å²) in [6.07, 6.45) is 0. The number of piperazine rings is 1. The minimum atomic E-state index is -0.204. The van der Waals surface area contributed by atoms with Crippen molar-refractivity contribution in [1.29, 1.82) is 0 Å². The van der Waals surface area contributed by atoms with Crippen molar-refractivity contribution in [2.24, 2.45) is 0 Å². The quantitative estimate of drug-likeness (QED) is 0.902. The van der Waals surface area contributed by atoms with E-state index < -0.39 is 0 Å². The van der Waals surface area contributed by atoms with Gasteiger partial charge in [0.15, 0.2) is 0 Å². The highest BCUT2D eigenvalue weighted by Crippen LogP contribution is 2.29. The maximum absolute atomic E-state index is 13.3. The SMILES string of the molecule is CNCC(=O)N1CCN(Cc2ccc(-c3cccc(F)c3)s2)CC1. The fraction of sp³-hybridized carbons (Fsp3) is 0.389. The average molecular weight is 347 g/mol. The lowest BCUT2D eigenvalue weighted by Crippen LogP contribution is -2.50. The van der Waals surface area contributed by atoms with Gasteiger partial charge in [-0.25, -0.2) is 4.39 Å². The number of rotatable bonds is 5. The molecule has 0 atom stereocenters. The van der Waals surface area contributed by atoms with Gasteiger partial charge in [0.1, 0.15) is 5.82 Å². The lowest BCUT2D eigenvalue weighted by Gasteiger charge is -2.34. The van der Waals surface area contributed by atoms with Crippen molar-refractivity contribution in [3.63, 3.8) is 0 Å². The molecule has 4 nitrogen and oxygen atoms in total. The zero-order valence-electron chi connectivity index (χ0n) is 13.8. The van der Waals surface area contributed by atoms with E-state index in [1.165, 1.54) is 10.9 Å². The van der Waals surface area contributed by atoms with E-state index in [1.54, 1.807) is 30.5 Å². The molecule has 1 fully saturated rings. The van der Waals surface area contributed by atoms with E-state index in [0.29, 0.717) is 6.54 Å². The summed E-state index contributed by atoms with van der Waals surface area (Å²) in [7, 11) is 1.79. The van der Waals surface area contributed by atoms with E-state index in [9.17, 15) is 9.18 Å². The molecule has 1 aliphatic rings. The Balaban J connectivity index is 1.56. The Hall–Kier alpha value is -1.76. The van der Waals surface area contributed by atoms with Crippen molar-refractivity contribution in [3.05, 3.63) is 47.1 Å². The number of hydrogen-bond donors (Lipinski definition) is 1. The Bertz CT molecular complexity index is 695. The Labute approximate surface area is 145 Å². The van der Waals surface area contributed by atoms with Crippen LogP contribution in [0.3, 0.4) is 0 Å². The lowest BCUT2D eigenvalue weighted by atomic mass is 10.2. The van der Waals surface area contributed by atoms with Gasteiger partial charge in [-0.1, -0.05) is 12.1 Å². The molecule has 0 spiro atoms. The van der Waals surface area contributed by atoms with Crippen molar-refractivity contribution < 1.29 is 9.18 Å². The van der Waals surface area contributed by atoms with E-state index in [0.717, 1.165) is 43.2 Å². The molecule has 24 heavy (non-hydrogen) atoms. The van der Waals surface area contributed by atoms with Gasteiger partial charge < -0.3 is 10.2 Å². The van der Waals surface area contributed by atoms with Crippen LogP contribution in [0.2, 0.25) is 0 Å². The molecule has 128 valence electrons. The molecule has 1 N–H and O–H groups in total. The van der Waals surface area contributed by atoms with Crippen LogP contribution in [0.15, 0.2) is 36.4 Å². The topological polar surface area (TPSA) is 35.6 Å². The second-order valence-electron chi connectivity index (χ2n) is 5.96. The smallest absolute Gasteiger partial charge is 0.236 e. The Kier molecular flexibility index (Phi) is 5.60. The highest BCUT2D eigenvalue weighted by atomic mass is 32.1. The number of likely N-dealkylation sites (N-methyl/N-ethyl adjacent to an activating group) is 1. The van der Waals surface area contributed by atoms with Gasteiger partial charge in [0, 0.05) is 42.5 Å². The predicted molar refractivity (Wildman–Crippen MR) is 95.5 cm³/mol. The Morgan fingerprint density at radius 3 is 2.71 bits per heavy atom. The monoisotopic (exact) mass is 347 g/mol. The van der Waals surface area contributed by atoms with Gasteiger partial charge in [0.2, 0.25) is 5.91 Å². The highest BCUT2D eigenvalue weighted by Gasteiger charge is 2.20. The van der Waals surface area contributed by atoms with Gasteiger partial charge in [-0.05, 0) is 36.9 Å². The summed E-state index contributed by atoms with van der Waals surface area (Å²) >= 11 is 1.70. The molecule has 0 bridgehead atoms. The number of carbonyl (C=O) groups excluding carboxylic acids is 1. The largest absolute Gasteiger partial charge is 0.339 e. The van der Waals surface area contributed by atoms with Crippen LogP contribution in [-0.4, -0.2) is 55.5 Å². The van der Waals surface area contributed by atoms with Gasteiger partial charge in [-0.15, -0.1) is 11.3 Å². The van der Waals surface area contributed by atoms with Gasteiger partial charge in [0.05, 0.1) is 6.54 Å². The van der Waals surface area contributed by atoms with Crippen molar-refractivity contribution in [1.82, 2.24) is 15.1 Å². The van der Waals surface area contributed by atoms with Crippen LogP contribution in [0.4, 0.5) is 4.39 Å². The molecule has 1 saturated heterocycles. The van der Waals surface area contributed by atoms with Crippen LogP contribution < -0.4 is 5.32 Å². The summed E-state index contributed by atoms with van der Waals surface area (Å²) in [5.74, 6) is -0.0357. The summed E-state index contributed by atoms with van der Waals surface area (Å²) in [6, 6.07) is 10.9. The first kappa shape index (κ1) is 17.1. The fourth-order valence-electron chi connectivity index (χ4n) is 2.90. The first-order valence-corrected chi connectivity index (χ1v) is 8.97. The summed E-state index contributed by atoms with van der Waals surface area (Å²) < 4.78 is 13.3. The van der Waals surface area contributed by atoms with Crippen LogP contribution >= 0.6 is 11.3 Å². The van der Waals surface area contributed by atoms with Crippen molar-refractivity contribution in [2.75, 3.05) is 39.8 Å². The molecule has 2 aromatic rings. The lowest BCUT2D eigenvalue weighted by molar-refractivity contribution is -0.131. The van der Waals surface area contributed by atoms with Gasteiger partial charge in [-0.2, -0.15) is 0 Å². The third-order valence-corrected chi connectivity index (χ3v) is 5.32. The van der Waals surface area contributed by atoms with E-state index in [1.807, 2.05) is 11.0 Å². The molecule has 1 aromatic heterocycles. The van der Waals surface area contributed by atoms with Gasteiger partial charge >= 0.3 is 0 Å². The normalized spacial score (nSPS) is 15.7. The maximum Gasteiger partial charge on any atom is 0.236 e. The number of thiophene rings is 1. The molecule has 1 amide bonds. The molecule has 1 aliphatic heterocycles. The molecule has 6 heteroatoms. The van der Waals surface area contributed by atoms with E-state index in [4.69, 9.17) is 0 Å². The zero-order valence-corrected chi connectivity index (χ0v) is 14.6. The predicted octanol–water partition coefficient (Wildman–Crippen LogP) is 2.42. The molecule has 0 aliphatic carbocycles. The zero-order chi connectivity index (χ0) is 16.9. The molecule has 1 aromatic carbocycles. The van der Waals surface area contributed by atoms with E-state index in [-0.39, 0.29) is 11.7 Å². The number of hydrogen-bond acceptors (Lipinski definition) is 4. The first-order chi connectivity index (χ1) is 11.7. The Morgan fingerprint density at radius 2 is 2.00 bits per heavy atom. The number of nitrogens with one attached hydrogen (secondary N) is 1. The second kappa shape index (κ2) is 7.88. The van der Waals surface area contributed by atoms with Crippen LogP contribution in [-0.2, 0) is 11.3 Å². The standard InChI is InChI=1S/C18H22FN3OS/c1-20-12-18(23)22-9-7-21(8-10-22)13-16-5-6-17(24-16)14-3-2-4-15(19)11-14/h2-6,11,20H,7-10,12-13H2,1H3. The molecule has 3 rings (SSSR count). The fourth-order valence-corrected chi connectivity index (χ4v) is 3.95. The summed E-state index contributed by atoms with van der Waals surface area (Å²) in [5.41, 5.74) is 0.925. The molecule has 2 heterocycles. The van der Waals surface area contributed by atoms with Gasteiger partial charge in [-0.3, -0.25) is 9.69 Å². The maximum atomic E-state index is 13.3. The van der Waals surface area contributed by atoms with Crippen LogP contribution in [0.1, 0.15) is 4.88 Å². The van der Waals surface area contributed by atoms with Crippen molar-refractivity contribution in [3.8, 4) is 10.4 Å². The van der Waals surface area contributed by atoms with Crippen LogP contribution in [0, 0.1) is 5.82 Å². The van der Waals surface area contributed by atoms with Crippen LogP contribution in [0.25, 0.3) is 10.4 Å². The second-order valence-corrected chi connectivity index (χ2v) is 7.13. The number of amides is 1. The number of nitrogens with zero attached hydrogens (tertiary/aromatic N) is 2. The summed E-state index contributed by atoms with van der Waals surface area (Å²) in [5, 5.41) is 2.91. The molecular formula is C18H22FN3OS. The molecule has 0 radical (unpaired) electrons. The highest BCUT2D eigenvalue weighted by molar-refractivity contribution is 7.15. The van der Waals surface area contributed by atoms with Crippen LogP contribution in [0.5, 0.6) is 0 Å². The van der Waals surface area contributed by atoms with Crippen molar-refractivity contribution in [2.45, 2.75) is 6.54 Å². The van der Waals surface area contributed by atoms with Gasteiger partial charge in [0.25, 0.3) is 0 Å². The number of halogens is 1. The van der Waals surface area contributed by atoms with E-state index >= 15 is 0 Å². The number of benzene rings is 1. The molecule has 0 unspecified atom stereocenters. The minimum Gasteiger partial charge on any atom is -0.339 e. The van der Waals surface area contributed by atoms with E-state index in [2.05, 4.69) is 22.3 Å². The summed E-state index contributed by atoms with van der Waals surface area (Å²) in [6.45, 7) is 4.63. The minimum absolute atomic E-state index is 0.168. The first-order valence-electron chi connectivity index (χ1n) is 8.15. The average Bonchev–Trinajstić information content (AvgIpc) is 3.04. The van der Waals surface area contributed by atoms with Crippen molar-refractivity contribution >= 4 is 17.2 Å². The molecule has 0 saturated carbocycles. The Morgan fingerprint density at radius 1 is 1.21 bits per heavy atom. The summed E-state index contributed by atoms with van der Waals surface area (Å²) in [4.78, 5) is 18.5. The molecular weight excluding hydrogens is 325 g/mol. The number of carbonyl (C=O) groups is 1. The third kappa shape index (κ3) is 4.20. The third-order valence-electron chi connectivity index (χ3n) is 4.20.